The Labute approximate surface area is 141 Å². The number of thioether (sulfide) groups is 1. The highest BCUT2D eigenvalue weighted by atomic mass is 35.5. The lowest BCUT2D eigenvalue weighted by molar-refractivity contribution is 0.883. The zero-order valence-corrected chi connectivity index (χ0v) is 13.4. The molecule has 23 heavy (non-hydrogen) atoms. The molecule has 6 nitrogen and oxygen atoms in total. The van der Waals surface area contributed by atoms with Gasteiger partial charge in [-0.3, -0.25) is 8.97 Å². The van der Waals surface area contributed by atoms with Gasteiger partial charge in [0.25, 0.3) is 0 Å². The van der Waals surface area contributed by atoms with Gasteiger partial charge in [-0.05, 0) is 18.2 Å². The molecule has 0 aliphatic carbocycles. The van der Waals surface area contributed by atoms with Crippen LogP contribution in [0.4, 0.5) is 0 Å². The standard InChI is InChI=1S/C15H11ClN6S/c16-13-12(19-14-17-7-4-8-21(13)14)9-23-15-20-18-10-22(15)11-5-2-1-3-6-11/h1-8,10H,9H2. The summed E-state index contributed by atoms with van der Waals surface area (Å²) in [5, 5.41) is 9.54. The van der Waals surface area contributed by atoms with Crippen molar-refractivity contribution in [3.8, 4) is 5.69 Å². The normalized spacial score (nSPS) is 11.2. The monoisotopic (exact) mass is 342 g/mol. The van der Waals surface area contributed by atoms with Crippen LogP contribution in [-0.4, -0.2) is 29.1 Å². The van der Waals surface area contributed by atoms with Crippen molar-refractivity contribution in [2.75, 3.05) is 0 Å². The first-order valence-electron chi connectivity index (χ1n) is 6.88. The van der Waals surface area contributed by atoms with Gasteiger partial charge in [0.2, 0.25) is 5.78 Å². The number of fused-ring (bicyclic) bond motifs is 1. The van der Waals surface area contributed by atoms with Crippen LogP contribution in [0, 0.1) is 0 Å². The number of rotatable bonds is 4. The first kappa shape index (κ1) is 14.2. The third-order valence-corrected chi connectivity index (χ3v) is 4.65. The SMILES string of the molecule is Clc1c(CSc2nncn2-c2ccccc2)nc2ncccn12. The maximum absolute atomic E-state index is 6.36. The lowest BCUT2D eigenvalue weighted by Crippen LogP contribution is -1.95. The zero-order chi connectivity index (χ0) is 15.6. The van der Waals surface area contributed by atoms with Gasteiger partial charge >= 0.3 is 0 Å². The molecule has 0 unspecified atom stereocenters. The quantitative estimate of drug-likeness (QED) is 0.533. The van der Waals surface area contributed by atoms with E-state index in [4.69, 9.17) is 11.6 Å². The van der Waals surface area contributed by atoms with E-state index in [2.05, 4.69) is 20.2 Å². The second-order valence-corrected chi connectivity index (χ2v) is 6.05. The summed E-state index contributed by atoms with van der Waals surface area (Å²) in [5.74, 6) is 1.19. The molecule has 0 fully saturated rings. The van der Waals surface area contributed by atoms with Crippen LogP contribution >= 0.6 is 23.4 Å². The van der Waals surface area contributed by atoms with Crippen molar-refractivity contribution >= 4 is 29.1 Å². The number of hydrogen-bond acceptors (Lipinski definition) is 5. The zero-order valence-electron chi connectivity index (χ0n) is 11.9. The van der Waals surface area contributed by atoms with Crippen molar-refractivity contribution in [3.63, 3.8) is 0 Å². The summed E-state index contributed by atoms with van der Waals surface area (Å²) >= 11 is 7.89. The molecule has 4 rings (SSSR count). The van der Waals surface area contributed by atoms with E-state index in [0.29, 0.717) is 16.7 Å². The number of halogens is 1. The summed E-state index contributed by atoms with van der Waals surface area (Å²) in [4.78, 5) is 8.65. The van der Waals surface area contributed by atoms with Crippen LogP contribution in [0.1, 0.15) is 5.69 Å². The van der Waals surface area contributed by atoms with E-state index in [1.54, 1.807) is 16.9 Å². The predicted octanol–water partition coefficient (Wildman–Crippen LogP) is 3.26. The van der Waals surface area contributed by atoms with Crippen LogP contribution in [-0.2, 0) is 5.75 Å². The third-order valence-electron chi connectivity index (χ3n) is 3.30. The average Bonchev–Trinajstić information content (AvgIpc) is 3.19. The number of aromatic nitrogens is 6. The Balaban J connectivity index is 1.60. The maximum Gasteiger partial charge on any atom is 0.235 e. The average molecular weight is 343 g/mol. The number of hydrogen-bond donors (Lipinski definition) is 0. The molecular formula is C15H11ClN6S. The molecule has 0 amide bonds. The second-order valence-electron chi connectivity index (χ2n) is 4.75. The van der Waals surface area contributed by atoms with Crippen molar-refractivity contribution in [3.05, 3.63) is 66.0 Å². The van der Waals surface area contributed by atoms with E-state index in [9.17, 15) is 0 Å². The summed E-state index contributed by atoms with van der Waals surface area (Å²) in [7, 11) is 0. The Hall–Kier alpha value is -2.38. The first-order valence-corrected chi connectivity index (χ1v) is 8.25. The minimum atomic E-state index is 0.575. The molecule has 1 aromatic carbocycles. The molecule has 0 saturated carbocycles. The highest BCUT2D eigenvalue weighted by Gasteiger charge is 2.13. The van der Waals surface area contributed by atoms with Crippen molar-refractivity contribution in [2.45, 2.75) is 10.9 Å². The topological polar surface area (TPSA) is 60.9 Å². The van der Waals surface area contributed by atoms with Crippen molar-refractivity contribution < 1.29 is 0 Å². The highest BCUT2D eigenvalue weighted by molar-refractivity contribution is 7.98. The van der Waals surface area contributed by atoms with Crippen molar-refractivity contribution in [1.29, 1.82) is 0 Å². The van der Waals surface area contributed by atoms with Crippen molar-refractivity contribution in [1.82, 2.24) is 29.1 Å². The molecule has 0 atom stereocenters. The fourth-order valence-corrected chi connectivity index (χ4v) is 3.40. The minimum Gasteiger partial charge on any atom is -0.277 e. The van der Waals surface area contributed by atoms with E-state index in [-0.39, 0.29) is 0 Å². The number of nitrogens with zero attached hydrogens (tertiary/aromatic N) is 6. The molecule has 4 aromatic rings. The lowest BCUT2D eigenvalue weighted by atomic mass is 10.3. The molecule has 8 heteroatoms. The van der Waals surface area contributed by atoms with Gasteiger partial charge in [-0.1, -0.05) is 41.6 Å². The number of para-hydroxylation sites is 1. The van der Waals surface area contributed by atoms with Crippen LogP contribution in [0.15, 0.2) is 60.3 Å². The number of benzene rings is 1. The summed E-state index contributed by atoms with van der Waals surface area (Å²) in [6, 6.07) is 11.8. The highest BCUT2D eigenvalue weighted by Crippen LogP contribution is 2.26. The van der Waals surface area contributed by atoms with Gasteiger partial charge in [0, 0.05) is 23.8 Å². The van der Waals surface area contributed by atoms with E-state index in [0.717, 1.165) is 16.5 Å². The molecule has 0 aliphatic heterocycles. The van der Waals surface area contributed by atoms with Gasteiger partial charge in [0.1, 0.15) is 11.5 Å². The molecular weight excluding hydrogens is 332 g/mol. The van der Waals surface area contributed by atoms with Gasteiger partial charge in [-0.25, -0.2) is 9.97 Å². The van der Waals surface area contributed by atoms with E-state index in [1.165, 1.54) is 11.8 Å². The Morgan fingerprint density at radius 3 is 2.83 bits per heavy atom. The van der Waals surface area contributed by atoms with E-state index in [1.807, 2.05) is 47.2 Å². The third kappa shape index (κ3) is 2.69. The number of imidazole rings is 1. The van der Waals surface area contributed by atoms with E-state index < -0.39 is 0 Å². The summed E-state index contributed by atoms with van der Waals surface area (Å²) in [6.07, 6.45) is 5.24. The van der Waals surface area contributed by atoms with Crippen LogP contribution in [0.5, 0.6) is 0 Å². The minimum absolute atomic E-state index is 0.575. The summed E-state index contributed by atoms with van der Waals surface area (Å²) in [5.41, 5.74) is 1.79. The Bertz CT molecular complexity index is 949. The molecule has 0 radical (unpaired) electrons. The summed E-state index contributed by atoms with van der Waals surface area (Å²) in [6.45, 7) is 0. The smallest absolute Gasteiger partial charge is 0.235 e. The second kappa shape index (κ2) is 6.02. The summed E-state index contributed by atoms with van der Waals surface area (Å²) < 4.78 is 3.70. The van der Waals surface area contributed by atoms with Gasteiger partial charge in [0.15, 0.2) is 5.16 Å². The van der Waals surface area contributed by atoms with Crippen LogP contribution < -0.4 is 0 Å². The van der Waals surface area contributed by atoms with Gasteiger partial charge in [-0.15, -0.1) is 10.2 Å². The van der Waals surface area contributed by atoms with Crippen LogP contribution in [0.2, 0.25) is 5.15 Å². The van der Waals surface area contributed by atoms with Gasteiger partial charge in [-0.2, -0.15) is 0 Å². The fraction of sp³-hybridized carbons (Fsp3) is 0.0667. The van der Waals surface area contributed by atoms with Gasteiger partial charge in [0.05, 0.1) is 5.69 Å². The molecule has 0 saturated heterocycles. The molecule has 114 valence electrons. The Morgan fingerprint density at radius 2 is 2.00 bits per heavy atom. The molecule has 0 N–H and O–H groups in total. The van der Waals surface area contributed by atoms with E-state index >= 15 is 0 Å². The molecule has 0 aliphatic rings. The first-order chi connectivity index (χ1) is 11.3. The van der Waals surface area contributed by atoms with Crippen molar-refractivity contribution in [2.24, 2.45) is 0 Å². The molecule has 0 spiro atoms. The Kier molecular flexibility index (Phi) is 3.72. The lowest BCUT2D eigenvalue weighted by Gasteiger charge is -2.05. The molecule has 0 bridgehead atoms. The maximum atomic E-state index is 6.36. The van der Waals surface area contributed by atoms with Gasteiger partial charge < -0.3 is 0 Å². The molecule has 3 heterocycles. The fourth-order valence-electron chi connectivity index (χ4n) is 2.22. The Morgan fingerprint density at radius 1 is 1.13 bits per heavy atom. The van der Waals surface area contributed by atoms with Crippen LogP contribution in [0.25, 0.3) is 11.5 Å². The van der Waals surface area contributed by atoms with Crippen LogP contribution in [0.3, 0.4) is 0 Å². The predicted molar refractivity (Wildman–Crippen MR) is 88.9 cm³/mol. The largest absolute Gasteiger partial charge is 0.277 e. The molecule has 3 aromatic heterocycles.